The molecule has 0 fully saturated rings. The molecule has 4 rings (SSSR count). The Hall–Kier alpha value is -3.39. The van der Waals surface area contributed by atoms with Crippen LogP contribution in [-0.4, -0.2) is 41.4 Å². The number of aryl methyl sites for hydroxylation is 1. The molecular weight excluding hydrogens is 524 g/mol. The molecule has 2 aromatic heterocycles. The number of nitrogens with one attached hydrogen (secondary N) is 1. The minimum atomic E-state index is -4.75. The van der Waals surface area contributed by atoms with E-state index < -0.39 is 45.2 Å². The Morgan fingerprint density at radius 1 is 1.17 bits per heavy atom. The Morgan fingerprint density at radius 3 is 2.53 bits per heavy atom. The highest BCUT2D eigenvalue weighted by molar-refractivity contribution is 7.92. The second-order valence-electron chi connectivity index (χ2n) is 7.76. The van der Waals surface area contributed by atoms with Crippen LogP contribution >= 0.6 is 11.3 Å². The molecule has 36 heavy (non-hydrogen) atoms. The number of amides is 1. The fraction of sp³-hybridized carbons (Fsp3) is 0.273. The van der Waals surface area contributed by atoms with Gasteiger partial charge in [0, 0.05) is 18.6 Å². The number of nitrogens with zero attached hydrogens (tertiary/aromatic N) is 3. The maximum Gasteiger partial charge on any atom is 0.390 e. The number of thiazole rings is 1. The van der Waals surface area contributed by atoms with E-state index in [1.807, 2.05) is 0 Å². The van der Waals surface area contributed by atoms with Crippen molar-refractivity contribution < 1.29 is 35.2 Å². The van der Waals surface area contributed by atoms with Crippen LogP contribution in [0.15, 0.2) is 46.9 Å². The van der Waals surface area contributed by atoms with Crippen molar-refractivity contribution in [3.63, 3.8) is 0 Å². The summed E-state index contributed by atoms with van der Waals surface area (Å²) in [4.78, 5) is 17.1. The number of sulfone groups is 1. The van der Waals surface area contributed by atoms with Crippen LogP contribution in [-0.2, 0) is 21.2 Å². The first kappa shape index (κ1) is 25.7. The van der Waals surface area contributed by atoms with Gasteiger partial charge < -0.3 is 9.73 Å². The van der Waals surface area contributed by atoms with Crippen molar-refractivity contribution in [2.75, 3.05) is 5.75 Å². The number of carbonyl (C=O) groups excluding carboxylic acids is 1. The number of hydrogen-bond acceptors (Lipinski definition) is 8. The molecule has 1 amide bonds. The van der Waals surface area contributed by atoms with Gasteiger partial charge in [-0.2, -0.15) is 13.2 Å². The van der Waals surface area contributed by atoms with Crippen molar-refractivity contribution in [3.8, 4) is 11.1 Å². The van der Waals surface area contributed by atoms with E-state index in [1.54, 1.807) is 30.3 Å². The average molecular weight is 543 g/mol. The predicted molar refractivity (Wildman–Crippen MR) is 123 cm³/mol. The summed E-state index contributed by atoms with van der Waals surface area (Å²) in [5.41, 5.74) is 0.864. The van der Waals surface area contributed by atoms with Crippen LogP contribution in [0.4, 0.5) is 17.6 Å². The highest BCUT2D eigenvalue weighted by atomic mass is 32.2. The molecule has 0 bridgehead atoms. The summed E-state index contributed by atoms with van der Waals surface area (Å²) < 4.78 is 84.6. The van der Waals surface area contributed by atoms with Crippen LogP contribution < -0.4 is 5.32 Å². The summed E-state index contributed by atoms with van der Waals surface area (Å²) in [7, 11) is -4.67. The Bertz CT molecular complexity index is 1500. The molecule has 0 saturated carbocycles. The summed E-state index contributed by atoms with van der Waals surface area (Å²) in [6.07, 6.45) is -6.39. The highest BCUT2D eigenvalue weighted by Crippen LogP contribution is 2.36. The van der Waals surface area contributed by atoms with Crippen molar-refractivity contribution in [3.05, 3.63) is 65.1 Å². The van der Waals surface area contributed by atoms with Gasteiger partial charge in [-0.3, -0.25) is 4.79 Å². The maximum absolute atomic E-state index is 14.8. The van der Waals surface area contributed by atoms with Crippen LogP contribution in [0, 0.1) is 12.7 Å². The lowest BCUT2D eigenvalue weighted by atomic mass is 10.1. The van der Waals surface area contributed by atoms with E-state index in [9.17, 15) is 30.8 Å². The molecule has 0 aliphatic rings. The van der Waals surface area contributed by atoms with Gasteiger partial charge in [-0.15, -0.1) is 21.5 Å². The number of fused-ring (bicyclic) bond motifs is 1. The molecule has 1 atom stereocenters. The van der Waals surface area contributed by atoms with Gasteiger partial charge in [-0.05, 0) is 11.6 Å². The zero-order valence-corrected chi connectivity index (χ0v) is 20.2. The van der Waals surface area contributed by atoms with Gasteiger partial charge in [0.25, 0.3) is 0 Å². The van der Waals surface area contributed by atoms with Gasteiger partial charge in [0.15, 0.2) is 15.1 Å². The van der Waals surface area contributed by atoms with Gasteiger partial charge in [0.1, 0.15) is 10.8 Å². The minimum Gasteiger partial charge on any atom is -0.424 e. The number of halogens is 4. The molecule has 1 N–H and O–H groups in total. The predicted octanol–water partition coefficient (Wildman–Crippen LogP) is 4.52. The second-order valence-corrected chi connectivity index (χ2v) is 11.0. The first-order valence-corrected chi connectivity index (χ1v) is 13.0. The Balaban J connectivity index is 1.71. The molecule has 2 aromatic carbocycles. The zero-order valence-electron chi connectivity index (χ0n) is 18.5. The van der Waals surface area contributed by atoms with Gasteiger partial charge in [-0.25, -0.2) is 17.8 Å². The molecular formula is C22H18F4N4O4S2. The number of rotatable bonds is 8. The Labute approximate surface area is 206 Å². The van der Waals surface area contributed by atoms with Crippen molar-refractivity contribution in [2.24, 2.45) is 0 Å². The molecule has 2 heterocycles. The molecule has 190 valence electrons. The topological polar surface area (TPSA) is 115 Å². The lowest BCUT2D eigenvalue weighted by molar-refractivity contribution is -0.130. The third-order valence-corrected chi connectivity index (χ3v) is 8.21. The van der Waals surface area contributed by atoms with E-state index in [0.717, 1.165) is 17.4 Å². The standard InChI is InChI=1S/C22H18F4N4O4S2/c1-12-29-30-18(34-12)11-27-20(31)19(36(32,33)8-7-22(24,25)26)21-28-16-10-15(23)14(9-17(16)35-21)13-5-3-2-4-6-13/h2-6,9-10,19H,7-8,11H2,1H3,(H,27,31). The fourth-order valence-corrected chi connectivity index (χ4v) is 6.46. The van der Waals surface area contributed by atoms with E-state index in [4.69, 9.17) is 4.42 Å². The molecule has 0 saturated heterocycles. The van der Waals surface area contributed by atoms with E-state index in [0.29, 0.717) is 10.3 Å². The lowest BCUT2D eigenvalue weighted by Crippen LogP contribution is -2.35. The number of hydrogen-bond donors (Lipinski definition) is 1. The third-order valence-electron chi connectivity index (χ3n) is 5.05. The minimum absolute atomic E-state index is 0.0221. The zero-order chi connectivity index (χ0) is 26.1. The van der Waals surface area contributed by atoms with E-state index in [-0.39, 0.29) is 34.4 Å². The largest absolute Gasteiger partial charge is 0.424 e. The maximum atomic E-state index is 14.8. The normalized spacial score (nSPS) is 13.1. The summed E-state index contributed by atoms with van der Waals surface area (Å²) in [6, 6.07) is 11.1. The Morgan fingerprint density at radius 2 is 1.89 bits per heavy atom. The molecule has 8 nitrogen and oxygen atoms in total. The van der Waals surface area contributed by atoms with Gasteiger partial charge in [0.05, 0.1) is 28.9 Å². The van der Waals surface area contributed by atoms with Crippen LogP contribution in [0.1, 0.15) is 28.5 Å². The SMILES string of the molecule is Cc1nnc(CNC(=O)C(c2nc3cc(F)c(-c4ccccc4)cc3s2)S(=O)(=O)CCC(F)(F)F)o1. The van der Waals surface area contributed by atoms with Gasteiger partial charge in [0.2, 0.25) is 17.7 Å². The molecule has 0 spiro atoms. The number of carbonyl (C=O) groups is 1. The number of benzene rings is 2. The van der Waals surface area contributed by atoms with E-state index in [2.05, 4.69) is 20.5 Å². The first-order chi connectivity index (χ1) is 16.9. The molecule has 4 aromatic rings. The fourth-order valence-electron chi connectivity index (χ4n) is 3.39. The van der Waals surface area contributed by atoms with Crippen molar-refractivity contribution in [2.45, 2.75) is 31.3 Å². The summed E-state index contributed by atoms with van der Waals surface area (Å²) in [6.45, 7) is 1.16. The first-order valence-electron chi connectivity index (χ1n) is 10.4. The average Bonchev–Trinajstić information content (AvgIpc) is 3.41. The monoisotopic (exact) mass is 542 g/mol. The van der Waals surface area contributed by atoms with Crippen molar-refractivity contribution in [1.29, 1.82) is 0 Å². The van der Waals surface area contributed by atoms with Crippen LogP contribution in [0.3, 0.4) is 0 Å². The van der Waals surface area contributed by atoms with Crippen molar-refractivity contribution in [1.82, 2.24) is 20.5 Å². The van der Waals surface area contributed by atoms with E-state index in [1.165, 1.54) is 13.0 Å². The second kappa shape index (κ2) is 9.93. The molecule has 0 radical (unpaired) electrons. The summed E-state index contributed by atoms with van der Waals surface area (Å²) >= 11 is 0.787. The highest BCUT2D eigenvalue weighted by Gasteiger charge is 2.40. The van der Waals surface area contributed by atoms with Gasteiger partial charge in [-0.1, -0.05) is 30.3 Å². The van der Waals surface area contributed by atoms with Crippen LogP contribution in [0.2, 0.25) is 0 Å². The quantitative estimate of drug-likeness (QED) is 0.326. The molecule has 14 heteroatoms. The molecule has 0 aliphatic heterocycles. The summed E-state index contributed by atoms with van der Waals surface area (Å²) in [5.74, 6) is -2.88. The summed E-state index contributed by atoms with van der Waals surface area (Å²) in [5, 5.41) is 7.24. The van der Waals surface area contributed by atoms with Crippen LogP contribution in [0.5, 0.6) is 0 Å². The van der Waals surface area contributed by atoms with Gasteiger partial charge >= 0.3 is 6.18 Å². The molecule has 0 aliphatic carbocycles. The Kier molecular flexibility index (Phi) is 7.09. The molecule has 1 unspecified atom stereocenters. The van der Waals surface area contributed by atoms with Crippen molar-refractivity contribution >= 4 is 37.3 Å². The number of alkyl halides is 3. The van der Waals surface area contributed by atoms with Crippen LogP contribution in [0.25, 0.3) is 21.3 Å². The number of aromatic nitrogens is 3. The third kappa shape index (κ3) is 5.87. The lowest BCUT2D eigenvalue weighted by Gasteiger charge is -2.15. The van der Waals surface area contributed by atoms with E-state index >= 15 is 0 Å². The smallest absolute Gasteiger partial charge is 0.390 e.